The minimum atomic E-state index is 1.15. The zero-order valence-corrected chi connectivity index (χ0v) is 33.4. The highest BCUT2D eigenvalue weighted by atomic mass is 14.4. The van der Waals surface area contributed by atoms with Gasteiger partial charge in [0.25, 0.3) is 0 Å². The minimum absolute atomic E-state index is 1.15. The van der Waals surface area contributed by atoms with Crippen molar-refractivity contribution in [3.05, 3.63) is 210 Å². The molecule has 278 valence electrons. The summed E-state index contributed by atoms with van der Waals surface area (Å²) in [5.74, 6) is 0. The van der Waals surface area contributed by atoms with Gasteiger partial charge in [0.05, 0.1) is 0 Å². The zero-order valence-electron chi connectivity index (χ0n) is 33.4. The van der Waals surface area contributed by atoms with Gasteiger partial charge >= 0.3 is 0 Å². The molecule has 1 heteroatoms. The summed E-state index contributed by atoms with van der Waals surface area (Å²) < 4.78 is 0. The molecule has 0 radical (unpaired) electrons. The van der Waals surface area contributed by atoms with Gasteiger partial charge in [-0.3, -0.25) is 0 Å². The highest BCUT2D eigenvalue weighted by Crippen LogP contribution is 2.44. The fourth-order valence-corrected chi connectivity index (χ4v) is 8.49. The van der Waals surface area contributed by atoms with Crippen LogP contribution in [0.2, 0.25) is 0 Å². The second-order valence-electron chi connectivity index (χ2n) is 14.9. The maximum atomic E-state index is 4.50. The lowest BCUT2D eigenvalue weighted by molar-refractivity contribution is 0.986. The summed E-state index contributed by atoms with van der Waals surface area (Å²) in [6, 6.07) is 64.2. The number of allylic oxidation sites excluding steroid dienone is 1. The van der Waals surface area contributed by atoms with Crippen molar-refractivity contribution in [2.45, 2.75) is 33.6 Å². The highest BCUT2D eigenvalue weighted by molar-refractivity contribution is 6.21. The summed E-state index contributed by atoms with van der Waals surface area (Å²) in [6.45, 7) is 6.53. The van der Waals surface area contributed by atoms with Crippen LogP contribution < -0.4 is 5.73 Å². The molecule has 0 spiro atoms. The molecular formula is C56H49N. The van der Waals surface area contributed by atoms with Gasteiger partial charge in [-0.1, -0.05) is 182 Å². The van der Waals surface area contributed by atoms with Crippen molar-refractivity contribution in [2.75, 3.05) is 7.05 Å². The second kappa shape index (κ2) is 16.7. The van der Waals surface area contributed by atoms with E-state index in [1.54, 1.807) is 0 Å². The van der Waals surface area contributed by atoms with Gasteiger partial charge in [0.1, 0.15) is 0 Å². The van der Waals surface area contributed by atoms with E-state index < -0.39 is 0 Å². The lowest BCUT2D eigenvalue weighted by Gasteiger charge is -2.18. The van der Waals surface area contributed by atoms with E-state index in [0.29, 0.717) is 0 Å². The normalized spacial score (nSPS) is 11.7. The van der Waals surface area contributed by atoms with Crippen molar-refractivity contribution in [3.63, 3.8) is 0 Å². The van der Waals surface area contributed by atoms with Gasteiger partial charge in [-0.05, 0) is 152 Å². The summed E-state index contributed by atoms with van der Waals surface area (Å²) >= 11 is 0. The quantitative estimate of drug-likeness (QED) is 0.179. The number of fused-ring (bicyclic) bond motifs is 4. The molecule has 57 heavy (non-hydrogen) atoms. The van der Waals surface area contributed by atoms with Crippen molar-refractivity contribution in [1.29, 1.82) is 0 Å². The second-order valence-corrected chi connectivity index (χ2v) is 14.9. The third-order valence-electron chi connectivity index (χ3n) is 11.4. The van der Waals surface area contributed by atoms with Crippen LogP contribution in [0.25, 0.3) is 82.9 Å². The van der Waals surface area contributed by atoms with Crippen LogP contribution in [0.4, 0.5) is 0 Å². The van der Waals surface area contributed by atoms with E-state index in [4.69, 9.17) is 0 Å². The zero-order chi connectivity index (χ0) is 39.3. The molecule has 1 aliphatic rings. The van der Waals surface area contributed by atoms with E-state index in [-0.39, 0.29) is 0 Å². The van der Waals surface area contributed by atoms with E-state index in [9.17, 15) is 0 Å². The van der Waals surface area contributed by atoms with E-state index in [2.05, 4.69) is 215 Å². The third-order valence-corrected chi connectivity index (χ3v) is 11.4. The predicted octanol–water partition coefficient (Wildman–Crippen LogP) is 15.0. The van der Waals surface area contributed by atoms with Crippen LogP contribution in [-0.4, -0.2) is 7.05 Å². The lowest BCUT2D eigenvalue weighted by Crippen LogP contribution is -1.97. The van der Waals surface area contributed by atoms with E-state index in [1.165, 1.54) is 112 Å². The topological polar surface area (TPSA) is 26.0 Å². The van der Waals surface area contributed by atoms with Gasteiger partial charge in [0, 0.05) is 0 Å². The first-order valence-electron chi connectivity index (χ1n) is 20.1. The standard InChI is InChI=1S/C31H22.C24H22.CH5N/c1-21-14-16-23(17-15-21)30-26-10-4-6-12-28(26)31(29-13-7-5-11-27(29)30)25-19-18-22-8-2-3-9-24(22)20-25;1-17-8-3-5-11-21(17)24-16-20(15-14-18(24)2)23-13-7-10-19-9-4-6-12-22(19)23;1-2/h2-20H,1H3;3,5-8,10-16H,4,9H2,1-2H3;2H2,1H3. The fraction of sp³-hybridized carbons (Fsp3) is 0.107. The molecule has 0 amide bonds. The molecule has 0 bridgehead atoms. The first-order valence-corrected chi connectivity index (χ1v) is 20.1. The molecule has 9 aromatic carbocycles. The summed E-state index contributed by atoms with van der Waals surface area (Å²) in [6.07, 6.45) is 6.89. The Hall–Kier alpha value is -6.54. The van der Waals surface area contributed by atoms with Crippen LogP contribution in [0.5, 0.6) is 0 Å². The first-order chi connectivity index (χ1) is 28.0. The Morgan fingerprint density at radius 3 is 1.63 bits per heavy atom. The van der Waals surface area contributed by atoms with Crippen molar-refractivity contribution in [2.24, 2.45) is 5.73 Å². The van der Waals surface area contributed by atoms with Crippen LogP contribution in [0.15, 0.2) is 182 Å². The molecule has 0 aromatic heterocycles. The van der Waals surface area contributed by atoms with Crippen LogP contribution in [0.1, 0.15) is 34.2 Å². The third kappa shape index (κ3) is 7.43. The molecule has 1 aliphatic carbocycles. The number of hydrogen-bond acceptors (Lipinski definition) is 1. The number of hydrogen-bond donors (Lipinski definition) is 1. The van der Waals surface area contributed by atoms with Crippen molar-refractivity contribution >= 4 is 38.4 Å². The highest BCUT2D eigenvalue weighted by Gasteiger charge is 2.17. The molecule has 0 atom stereocenters. The first kappa shape index (κ1) is 37.4. The average Bonchev–Trinajstić information content (AvgIpc) is 3.27. The van der Waals surface area contributed by atoms with Gasteiger partial charge in [0.2, 0.25) is 0 Å². The Labute approximate surface area is 337 Å². The van der Waals surface area contributed by atoms with Gasteiger partial charge in [0.15, 0.2) is 0 Å². The molecule has 1 nitrogen and oxygen atoms in total. The van der Waals surface area contributed by atoms with Crippen molar-refractivity contribution in [3.8, 4) is 44.5 Å². The van der Waals surface area contributed by atoms with Crippen molar-refractivity contribution < 1.29 is 0 Å². The maximum absolute atomic E-state index is 4.50. The molecule has 0 fully saturated rings. The van der Waals surface area contributed by atoms with Crippen molar-refractivity contribution in [1.82, 2.24) is 0 Å². The average molecular weight is 736 g/mol. The molecule has 10 rings (SSSR count). The van der Waals surface area contributed by atoms with Gasteiger partial charge in [-0.15, -0.1) is 0 Å². The Balaban J connectivity index is 0.000000158. The molecule has 0 saturated carbocycles. The van der Waals surface area contributed by atoms with Gasteiger partial charge < -0.3 is 5.73 Å². The van der Waals surface area contributed by atoms with Crippen LogP contribution in [-0.2, 0) is 6.42 Å². The molecule has 0 saturated heterocycles. The molecular weight excluding hydrogens is 687 g/mol. The van der Waals surface area contributed by atoms with E-state index in [0.717, 1.165) is 12.8 Å². The van der Waals surface area contributed by atoms with Crippen LogP contribution >= 0.6 is 0 Å². The summed E-state index contributed by atoms with van der Waals surface area (Å²) in [7, 11) is 1.50. The Morgan fingerprint density at radius 2 is 0.947 bits per heavy atom. The number of nitrogens with two attached hydrogens (primary N) is 1. The summed E-state index contributed by atoms with van der Waals surface area (Å²) in [4.78, 5) is 0. The molecule has 2 N–H and O–H groups in total. The van der Waals surface area contributed by atoms with Crippen LogP contribution in [0.3, 0.4) is 0 Å². The lowest BCUT2D eigenvalue weighted by atomic mass is 9.85. The predicted molar refractivity (Wildman–Crippen MR) is 249 cm³/mol. The monoisotopic (exact) mass is 735 g/mol. The molecule has 0 aliphatic heterocycles. The Bertz CT molecular complexity index is 2840. The number of rotatable bonds is 4. The molecule has 0 heterocycles. The number of benzene rings is 9. The molecule has 9 aromatic rings. The van der Waals surface area contributed by atoms with Gasteiger partial charge in [-0.2, -0.15) is 0 Å². The summed E-state index contributed by atoms with van der Waals surface area (Å²) in [5, 5.41) is 7.74. The minimum Gasteiger partial charge on any atom is -0.333 e. The number of aryl methyl sites for hydroxylation is 4. The Morgan fingerprint density at radius 1 is 0.404 bits per heavy atom. The van der Waals surface area contributed by atoms with Crippen LogP contribution in [0, 0.1) is 20.8 Å². The van der Waals surface area contributed by atoms with Gasteiger partial charge in [-0.25, -0.2) is 0 Å². The largest absolute Gasteiger partial charge is 0.333 e. The molecule has 0 unspecified atom stereocenters. The Kier molecular flexibility index (Phi) is 10.9. The maximum Gasteiger partial charge on any atom is -0.00262 e. The summed E-state index contributed by atoms with van der Waals surface area (Å²) in [5.41, 5.74) is 21.8. The smallest absolute Gasteiger partial charge is 0.00262 e. The van der Waals surface area contributed by atoms with E-state index >= 15 is 0 Å². The SMILES string of the molecule is CN.Cc1ccc(-c2c3ccccc3c(-c3ccc4ccccc4c3)c3ccccc23)cc1.Cc1ccccc1-c1cc(-c2cccc3c2C=CCC3)ccc1C. The van der Waals surface area contributed by atoms with E-state index in [1.807, 2.05) is 0 Å². The fourth-order valence-electron chi connectivity index (χ4n) is 8.49.